The molecule has 0 aliphatic rings. The van der Waals surface area contributed by atoms with Crippen LogP contribution in [0, 0.1) is 13.8 Å². The van der Waals surface area contributed by atoms with Crippen molar-refractivity contribution in [3.63, 3.8) is 0 Å². The van der Waals surface area contributed by atoms with Gasteiger partial charge in [0, 0.05) is 16.6 Å². The van der Waals surface area contributed by atoms with Crippen molar-refractivity contribution in [2.24, 2.45) is 5.10 Å². The summed E-state index contributed by atoms with van der Waals surface area (Å²) < 4.78 is 67.0. The molecular weight excluding hydrogens is 487 g/mol. The number of imidazole rings is 1. The highest BCUT2D eigenvalue weighted by atomic mass is 19.4. The third-order valence-electron chi connectivity index (χ3n) is 6.29. The topological polar surface area (TPSA) is 42.2 Å². The fraction of sp³-hybridized carbons (Fsp3) is 0.143. The molecule has 0 spiro atoms. The second-order valence-electron chi connectivity index (χ2n) is 8.78. The van der Waals surface area contributed by atoms with Crippen LogP contribution < -0.4 is 5.43 Å². The summed E-state index contributed by atoms with van der Waals surface area (Å²) in [6, 6.07) is 19.6. The van der Waals surface area contributed by atoms with E-state index in [0.29, 0.717) is 16.7 Å². The molecule has 1 aromatic heterocycles. The number of aromatic nitrogens is 2. The molecule has 4 nitrogen and oxygen atoms in total. The van der Waals surface area contributed by atoms with Gasteiger partial charge in [-0.3, -0.25) is 9.99 Å². The molecule has 37 heavy (non-hydrogen) atoms. The van der Waals surface area contributed by atoms with E-state index in [1.54, 1.807) is 10.8 Å². The molecule has 5 rings (SSSR count). The third kappa shape index (κ3) is 4.41. The molecule has 0 saturated heterocycles. The molecule has 4 aromatic carbocycles. The van der Waals surface area contributed by atoms with Crippen molar-refractivity contribution < 1.29 is 22.0 Å². The molecule has 0 unspecified atom stereocenters. The predicted octanol–water partition coefficient (Wildman–Crippen LogP) is 7.90. The second-order valence-corrected chi connectivity index (χ2v) is 8.78. The Hall–Kier alpha value is -4.27. The molecule has 0 amide bonds. The van der Waals surface area contributed by atoms with E-state index in [-0.39, 0.29) is 0 Å². The average Bonchev–Trinajstić information content (AvgIpc) is 3.30. The molecule has 0 aliphatic heterocycles. The van der Waals surface area contributed by atoms with Gasteiger partial charge in [-0.15, -0.1) is 0 Å². The highest BCUT2D eigenvalue weighted by Crippen LogP contribution is 2.44. The van der Waals surface area contributed by atoms with Crippen LogP contribution in [-0.4, -0.2) is 21.9 Å². The van der Waals surface area contributed by atoms with E-state index in [4.69, 9.17) is 0 Å². The SMILES string of the molecule is Cc1cccc(C)c1N/N=C/c1ccc2c(ccc3c2ncn3-c2ccc(C(F)(F)C(F)(F)F)cc2)c1. The molecule has 188 valence electrons. The van der Waals surface area contributed by atoms with Gasteiger partial charge in [-0.2, -0.15) is 27.1 Å². The van der Waals surface area contributed by atoms with Crippen molar-refractivity contribution in [2.75, 3.05) is 5.43 Å². The minimum absolute atomic E-state index is 0.421. The summed E-state index contributed by atoms with van der Waals surface area (Å²) in [6.45, 7) is 4.02. The Morgan fingerprint density at radius 1 is 0.865 bits per heavy atom. The van der Waals surface area contributed by atoms with Crippen LogP contribution in [0.5, 0.6) is 0 Å². The van der Waals surface area contributed by atoms with E-state index in [0.717, 1.165) is 45.3 Å². The van der Waals surface area contributed by atoms with Crippen LogP contribution in [0.4, 0.5) is 27.6 Å². The minimum atomic E-state index is -5.66. The number of alkyl halides is 5. The van der Waals surface area contributed by atoms with E-state index in [9.17, 15) is 22.0 Å². The quantitative estimate of drug-likeness (QED) is 0.149. The summed E-state index contributed by atoms with van der Waals surface area (Å²) in [5, 5.41) is 6.16. The van der Waals surface area contributed by atoms with Gasteiger partial charge >= 0.3 is 12.1 Å². The largest absolute Gasteiger partial charge is 0.458 e. The van der Waals surface area contributed by atoms with Gasteiger partial charge in [0.1, 0.15) is 6.33 Å². The number of halogens is 5. The summed E-state index contributed by atoms with van der Waals surface area (Å²) in [4.78, 5) is 4.47. The summed E-state index contributed by atoms with van der Waals surface area (Å²) in [6.07, 6.45) is -2.41. The van der Waals surface area contributed by atoms with Crippen molar-refractivity contribution in [3.8, 4) is 5.69 Å². The zero-order valence-corrected chi connectivity index (χ0v) is 19.8. The Labute approximate surface area is 209 Å². The standard InChI is InChI=1S/C28H21F5N4/c1-17-4-3-5-18(2)25(17)36-35-15-19-6-12-23-20(14-19)7-13-24-26(23)34-16-37(24)22-10-8-21(9-11-22)27(29,30)28(31,32)33/h3-16,36H,1-2H3/b35-15+. The summed E-state index contributed by atoms with van der Waals surface area (Å²) in [7, 11) is 0. The Kier molecular flexibility index (Phi) is 5.94. The van der Waals surface area contributed by atoms with Gasteiger partial charge in [0.15, 0.2) is 0 Å². The van der Waals surface area contributed by atoms with E-state index in [1.165, 1.54) is 18.5 Å². The van der Waals surface area contributed by atoms with Gasteiger partial charge in [0.05, 0.1) is 22.9 Å². The van der Waals surface area contributed by atoms with E-state index >= 15 is 0 Å². The van der Waals surface area contributed by atoms with Crippen LogP contribution in [0.2, 0.25) is 0 Å². The number of hydrazone groups is 1. The normalized spacial score (nSPS) is 12.6. The van der Waals surface area contributed by atoms with Gasteiger partial charge < -0.3 is 0 Å². The number of rotatable bonds is 5. The van der Waals surface area contributed by atoms with Crippen molar-refractivity contribution in [3.05, 3.63) is 101 Å². The average molecular weight is 508 g/mol. The van der Waals surface area contributed by atoms with Gasteiger partial charge in [-0.25, -0.2) is 4.98 Å². The lowest BCUT2D eigenvalue weighted by Gasteiger charge is -2.20. The molecule has 1 heterocycles. The Morgan fingerprint density at radius 2 is 1.57 bits per heavy atom. The lowest BCUT2D eigenvalue weighted by Crippen LogP contribution is -2.33. The first-order valence-electron chi connectivity index (χ1n) is 11.4. The van der Waals surface area contributed by atoms with Crippen LogP contribution in [0.3, 0.4) is 0 Å². The molecule has 1 N–H and O–H groups in total. The maximum Gasteiger partial charge on any atom is 0.458 e. The number of benzene rings is 4. The van der Waals surface area contributed by atoms with E-state index in [2.05, 4.69) is 15.5 Å². The first-order chi connectivity index (χ1) is 17.6. The Morgan fingerprint density at radius 3 is 2.24 bits per heavy atom. The number of hydrogen-bond acceptors (Lipinski definition) is 3. The molecule has 5 aromatic rings. The minimum Gasteiger partial charge on any atom is -0.299 e. The number of aryl methyl sites for hydroxylation is 2. The Bertz CT molecular complexity index is 1610. The summed E-state index contributed by atoms with van der Waals surface area (Å²) in [5.74, 6) is -4.92. The predicted molar refractivity (Wildman–Crippen MR) is 136 cm³/mol. The fourth-order valence-electron chi connectivity index (χ4n) is 4.27. The van der Waals surface area contributed by atoms with Crippen LogP contribution in [0.25, 0.3) is 27.5 Å². The number of fused-ring (bicyclic) bond motifs is 3. The lowest BCUT2D eigenvalue weighted by molar-refractivity contribution is -0.289. The first kappa shape index (κ1) is 24.4. The van der Waals surface area contributed by atoms with E-state index < -0.39 is 17.7 Å². The van der Waals surface area contributed by atoms with Gasteiger partial charge in [-0.05, 0) is 60.2 Å². The fourth-order valence-corrected chi connectivity index (χ4v) is 4.27. The monoisotopic (exact) mass is 508 g/mol. The number of nitrogens with one attached hydrogen (secondary N) is 1. The van der Waals surface area contributed by atoms with Crippen LogP contribution in [0.1, 0.15) is 22.3 Å². The van der Waals surface area contributed by atoms with Crippen molar-refractivity contribution >= 4 is 33.7 Å². The molecule has 9 heteroatoms. The second kappa shape index (κ2) is 8.99. The number of hydrogen-bond donors (Lipinski definition) is 1. The molecular formula is C28H21F5N4. The smallest absolute Gasteiger partial charge is 0.299 e. The highest BCUT2D eigenvalue weighted by molar-refractivity contribution is 6.06. The van der Waals surface area contributed by atoms with Crippen molar-refractivity contribution in [2.45, 2.75) is 25.9 Å². The van der Waals surface area contributed by atoms with Crippen molar-refractivity contribution in [1.82, 2.24) is 9.55 Å². The molecule has 0 fully saturated rings. The molecule has 0 atom stereocenters. The van der Waals surface area contributed by atoms with Gasteiger partial charge in [0.2, 0.25) is 0 Å². The lowest BCUT2D eigenvalue weighted by atomic mass is 10.1. The number of para-hydroxylation sites is 1. The molecule has 0 radical (unpaired) electrons. The first-order valence-corrected chi connectivity index (χ1v) is 11.4. The number of anilines is 1. The Balaban J connectivity index is 1.43. The summed E-state index contributed by atoms with van der Waals surface area (Å²) >= 11 is 0. The third-order valence-corrected chi connectivity index (χ3v) is 6.29. The van der Waals surface area contributed by atoms with Gasteiger partial charge in [0.25, 0.3) is 0 Å². The molecule has 0 bridgehead atoms. The van der Waals surface area contributed by atoms with Crippen LogP contribution in [-0.2, 0) is 5.92 Å². The van der Waals surface area contributed by atoms with Crippen LogP contribution in [0.15, 0.2) is 84.2 Å². The van der Waals surface area contributed by atoms with Gasteiger partial charge in [-0.1, -0.05) is 48.5 Å². The number of nitrogens with zero attached hydrogens (tertiary/aromatic N) is 3. The van der Waals surface area contributed by atoms with E-state index in [1.807, 2.05) is 62.4 Å². The highest BCUT2D eigenvalue weighted by Gasteiger charge is 2.58. The maximum atomic E-state index is 13.6. The van der Waals surface area contributed by atoms with Crippen LogP contribution >= 0.6 is 0 Å². The summed E-state index contributed by atoms with van der Waals surface area (Å²) in [5.41, 5.74) is 7.81. The van der Waals surface area contributed by atoms with Crippen molar-refractivity contribution in [1.29, 1.82) is 0 Å². The maximum absolute atomic E-state index is 13.6. The zero-order valence-electron chi connectivity index (χ0n) is 19.8. The molecule has 0 saturated carbocycles. The molecule has 0 aliphatic carbocycles. The zero-order chi connectivity index (χ0) is 26.4.